The lowest BCUT2D eigenvalue weighted by Crippen LogP contribution is -2.43. The number of hydrogen-bond acceptors (Lipinski definition) is 4. The molecule has 4 rings (SSSR count). The van der Waals surface area contributed by atoms with Gasteiger partial charge in [-0.25, -0.2) is 0 Å². The average Bonchev–Trinajstić information content (AvgIpc) is 3.23. The summed E-state index contributed by atoms with van der Waals surface area (Å²) in [4.78, 5) is 17.2. The maximum Gasteiger partial charge on any atom is 0.435 e. The fourth-order valence-electron chi connectivity index (χ4n) is 4.37. The van der Waals surface area contributed by atoms with E-state index in [1.54, 1.807) is 0 Å². The highest BCUT2D eigenvalue weighted by molar-refractivity contribution is 7.86. The Labute approximate surface area is 212 Å². The summed E-state index contributed by atoms with van der Waals surface area (Å²) >= 11 is 0. The van der Waals surface area contributed by atoms with Crippen molar-refractivity contribution in [3.63, 3.8) is 0 Å². The van der Waals surface area contributed by atoms with Gasteiger partial charge in [0.15, 0.2) is 5.78 Å². The molecule has 0 spiro atoms. The quantitative estimate of drug-likeness (QED) is 0.302. The van der Waals surface area contributed by atoms with Crippen molar-refractivity contribution in [3.05, 3.63) is 69.8 Å². The summed E-state index contributed by atoms with van der Waals surface area (Å²) in [6.07, 6.45) is -17.2. The van der Waals surface area contributed by atoms with E-state index in [0.29, 0.717) is 17.1 Å². The number of alkyl halides is 9. The van der Waals surface area contributed by atoms with E-state index in [4.69, 9.17) is 0 Å². The summed E-state index contributed by atoms with van der Waals surface area (Å²) in [7, 11) is -0.948. The predicted molar refractivity (Wildman–Crippen MR) is 118 cm³/mol. The fraction of sp³-hybridized carbons (Fsp3) is 0.417. The Morgan fingerprint density at radius 3 is 2.03 bits per heavy atom. The summed E-state index contributed by atoms with van der Waals surface area (Å²) in [5.74, 6) is 0.523. The van der Waals surface area contributed by atoms with Crippen LogP contribution in [0.5, 0.6) is 0 Å². The van der Waals surface area contributed by atoms with Crippen LogP contribution in [0.1, 0.15) is 51.0 Å². The maximum absolute atomic E-state index is 14.3. The lowest BCUT2D eigenvalue weighted by Gasteiger charge is -2.30. The zero-order valence-electron chi connectivity index (χ0n) is 19.4. The van der Waals surface area contributed by atoms with E-state index in [0.717, 1.165) is 0 Å². The highest BCUT2D eigenvalue weighted by atomic mass is 32.2. The van der Waals surface area contributed by atoms with Crippen LogP contribution in [0.2, 0.25) is 0 Å². The lowest BCUT2D eigenvalue weighted by molar-refractivity contribution is -0.276. The molecule has 206 valence electrons. The molecule has 2 aromatic carbocycles. The minimum atomic E-state index is -5.45. The van der Waals surface area contributed by atoms with Gasteiger partial charge < -0.3 is 4.84 Å². The average molecular weight is 571 g/mol. The van der Waals surface area contributed by atoms with E-state index in [2.05, 4.69) is 9.99 Å². The first kappa shape index (κ1) is 28.1. The molecule has 38 heavy (non-hydrogen) atoms. The first-order chi connectivity index (χ1) is 17.4. The Hall–Kier alpha value is -2.90. The Morgan fingerprint density at radius 2 is 1.55 bits per heavy atom. The molecule has 2 aliphatic heterocycles. The van der Waals surface area contributed by atoms with Gasteiger partial charge in [-0.3, -0.25) is 9.00 Å². The second kappa shape index (κ2) is 9.38. The zero-order chi connectivity index (χ0) is 28.3. The smallest absolute Gasteiger partial charge is 0.374 e. The molecule has 1 atom stereocenters. The third kappa shape index (κ3) is 5.32. The van der Waals surface area contributed by atoms with Crippen LogP contribution in [0.3, 0.4) is 0 Å². The summed E-state index contributed by atoms with van der Waals surface area (Å²) in [6, 6.07) is 3.65. The van der Waals surface area contributed by atoms with Crippen molar-refractivity contribution in [2.45, 2.75) is 43.9 Å². The molecular formula is C24H18F9NO3S. The second-order valence-corrected chi connectivity index (χ2v) is 10.8. The molecule has 0 N–H and O–H groups in total. The van der Waals surface area contributed by atoms with E-state index in [9.17, 15) is 48.5 Å². The van der Waals surface area contributed by atoms with Crippen LogP contribution < -0.4 is 0 Å². The largest absolute Gasteiger partial charge is 0.435 e. The molecule has 0 radical (unpaired) electrons. The van der Waals surface area contributed by atoms with Crippen molar-refractivity contribution in [2.75, 3.05) is 11.5 Å². The topological polar surface area (TPSA) is 55.7 Å². The fourth-order valence-corrected chi connectivity index (χ4v) is 5.56. The predicted octanol–water partition coefficient (Wildman–Crippen LogP) is 6.57. The Morgan fingerprint density at radius 1 is 0.974 bits per heavy atom. The van der Waals surface area contributed by atoms with Gasteiger partial charge in [-0.05, 0) is 48.2 Å². The van der Waals surface area contributed by atoms with Gasteiger partial charge in [0, 0.05) is 46.3 Å². The number of rotatable bonds is 5. The van der Waals surface area contributed by atoms with Crippen LogP contribution in [0.25, 0.3) is 0 Å². The van der Waals surface area contributed by atoms with Gasteiger partial charge in [0.2, 0.25) is 0 Å². The van der Waals surface area contributed by atoms with Crippen LogP contribution in [0.15, 0.2) is 41.6 Å². The van der Waals surface area contributed by atoms with Crippen LogP contribution in [0.4, 0.5) is 39.5 Å². The van der Waals surface area contributed by atoms with Gasteiger partial charge in [0.25, 0.3) is 5.60 Å². The number of hydrogen-bond donors (Lipinski definition) is 0. The lowest BCUT2D eigenvalue weighted by atomic mass is 9.84. The zero-order valence-corrected chi connectivity index (χ0v) is 20.2. The van der Waals surface area contributed by atoms with Gasteiger partial charge in [-0.15, -0.1) is 0 Å². The molecule has 0 bridgehead atoms. The number of ketones is 1. The highest BCUT2D eigenvalue weighted by Crippen LogP contribution is 2.51. The molecule has 0 amide bonds. The minimum absolute atomic E-state index is 0.0261. The van der Waals surface area contributed by atoms with Crippen molar-refractivity contribution in [1.82, 2.24) is 0 Å². The molecule has 0 aliphatic carbocycles. The van der Waals surface area contributed by atoms with Crippen molar-refractivity contribution in [1.29, 1.82) is 0 Å². The molecule has 0 aromatic heterocycles. The van der Waals surface area contributed by atoms with Crippen molar-refractivity contribution < 1.29 is 53.4 Å². The van der Waals surface area contributed by atoms with Gasteiger partial charge in [-0.1, -0.05) is 17.3 Å². The van der Waals surface area contributed by atoms with Gasteiger partial charge in [-0.2, -0.15) is 39.5 Å². The third-order valence-corrected chi connectivity index (χ3v) is 8.10. The molecule has 1 fully saturated rings. The molecule has 4 nitrogen and oxygen atoms in total. The summed E-state index contributed by atoms with van der Waals surface area (Å²) in [5, 5.41) is 3.40. The standard InChI is InChI=1S/C24H18F9NO3S/c1-12-4-14(2-3-18(12)20(35)5-13-10-38(36)11-13)19-9-21(37-34-19,24(31,32)33)15-6-16(22(25,26)27)8-17(7-15)23(28,29)30/h2-4,6-8,13H,5,9-11H2,1H3. The van der Waals surface area contributed by atoms with E-state index >= 15 is 0 Å². The highest BCUT2D eigenvalue weighted by Gasteiger charge is 2.63. The Balaban J connectivity index is 1.68. The second-order valence-electron chi connectivity index (χ2n) is 9.22. The molecule has 2 aliphatic rings. The van der Waals surface area contributed by atoms with E-state index in [-0.39, 0.29) is 53.2 Å². The number of Topliss-reactive ketones (excluding diaryl/α,β-unsaturated/α-hetero) is 1. The third-order valence-electron chi connectivity index (χ3n) is 6.42. The number of carbonyl (C=O) groups is 1. The summed E-state index contributed by atoms with van der Waals surface area (Å²) < 4.78 is 134. The number of oxime groups is 1. The molecular weight excluding hydrogens is 553 g/mol. The Kier molecular flexibility index (Phi) is 6.94. The number of aryl methyl sites for hydroxylation is 1. The van der Waals surface area contributed by atoms with E-state index in [1.165, 1.54) is 25.1 Å². The Bertz CT molecular complexity index is 1290. The monoisotopic (exact) mass is 571 g/mol. The first-order valence-corrected chi connectivity index (χ1v) is 12.5. The van der Waals surface area contributed by atoms with Crippen LogP contribution in [-0.4, -0.2) is 33.4 Å². The van der Waals surface area contributed by atoms with Gasteiger partial charge in [0.05, 0.1) is 16.8 Å². The molecule has 14 heteroatoms. The summed E-state index contributed by atoms with van der Waals surface area (Å²) in [5.41, 5.74) is -8.50. The first-order valence-electron chi connectivity index (χ1n) is 11.0. The molecule has 1 unspecified atom stereocenters. The van der Waals surface area contributed by atoms with Crippen LogP contribution >= 0.6 is 0 Å². The number of nitrogens with zero attached hydrogens (tertiary/aromatic N) is 1. The summed E-state index contributed by atoms with van der Waals surface area (Å²) in [6.45, 7) is 1.52. The van der Waals surface area contributed by atoms with Gasteiger partial charge in [0.1, 0.15) is 0 Å². The van der Waals surface area contributed by atoms with Crippen molar-refractivity contribution in [3.8, 4) is 0 Å². The minimum Gasteiger partial charge on any atom is -0.374 e. The van der Waals surface area contributed by atoms with E-state index < -0.39 is 58.0 Å². The van der Waals surface area contributed by atoms with E-state index in [1.807, 2.05) is 0 Å². The normalized spacial score (nSPS) is 24.0. The number of benzene rings is 2. The van der Waals surface area contributed by atoms with Crippen molar-refractivity contribution in [2.24, 2.45) is 11.1 Å². The van der Waals surface area contributed by atoms with Crippen LogP contribution in [-0.2, 0) is 33.6 Å². The maximum atomic E-state index is 14.3. The molecule has 2 heterocycles. The molecule has 1 saturated heterocycles. The molecule has 0 saturated carbocycles. The SMILES string of the molecule is Cc1cc(C2=NOC(c3cc(C(F)(F)F)cc(C(F)(F)F)c3)(C(F)(F)F)C2)ccc1C(=O)CC1CS(=O)C1. The van der Waals surface area contributed by atoms with Crippen molar-refractivity contribution >= 4 is 22.3 Å². The molecule has 2 aromatic rings. The number of carbonyl (C=O) groups excluding carboxylic acids is 1. The van der Waals surface area contributed by atoms with Gasteiger partial charge >= 0.3 is 18.5 Å². The number of halogens is 9. The van der Waals surface area contributed by atoms with Crippen LogP contribution in [0, 0.1) is 12.8 Å².